The first-order chi connectivity index (χ1) is 8.20. The normalized spacial score (nSPS) is 10.5. The van der Waals surface area contributed by atoms with E-state index in [1.54, 1.807) is 6.26 Å². The van der Waals surface area contributed by atoms with Gasteiger partial charge in [-0.2, -0.15) is 0 Å². The highest BCUT2D eigenvalue weighted by atomic mass is 19.1. The van der Waals surface area contributed by atoms with Crippen LogP contribution in [-0.2, 0) is 13.1 Å². The minimum atomic E-state index is -0.374. The lowest BCUT2D eigenvalue weighted by atomic mass is 10.2. The van der Waals surface area contributed by atoms with Gasteiger partial charge >= 0.3 is 0 Å². The molecule has 0 saturated heterocycles. The monoisotopic (exact) mass is 235 g/mol. The van der Waals surface area contributed by atoms with Crippen LogP contribution in [0.25, 0.3) is 0 Å². The molecule has 0 aliphatic rings. The second-order valence-electron chi connectivity index (χ2n) is 3.78. The van der Waals surface area contributed by atoms with Gasteiger partial charge in [-0.05, 0) is 18.2 Å². The van der Waals surface area contributed by atoms with Crippen LogP contribution in [0.5, 0.6) is 0 Å². The van der Waals surface area contributed by atoms with Crippen LogP contribution in [-0.4, -0.2) is 12.0 Å². The van der Waals surface area contributed by atoms with Gasteiger partial charge in [-0.15, -0.1) is 0 Å². The highest BCUT2D eigenvalue weighted by Crippen LogP contribution is 2.18. The predicted molar refractivity (Wildman–Crippen MR) is 62.9 cm³/mol. The molecule has 0 unspecified atom stereocenters. The van der Waals surface area contributed by atoms with Gasteiger partial charge in [-0.1, -0.05) is 0 Å². The lowest BCUT2D eigenvalue weighted by Gasteiger charge is -2.19. The van der Waals surface area contributed by atoms with Crippen LogP contribution >= 0.6 is 0 Å². The average Bonchev–Trinajstić information content (AvgIpc) is 2.81. The molecule has 0 bridgehead atoms. The van der Waals surface area contributed by atoms with Crippen molar-refractivity contribution < 1.29 is 8.81 Å². The average molecular weight is 235 g/mol. The minimum absolute atomic E-state index is 0.253. The van der Waals surface area contributed by atoms with Crippen molar-refractivity contribution in [1.29, 1.82) is 0 Å². The Morgan fingerprint density at radius 2 is 2.35 bits per heavy atom. The van der Waals surface area contributed by atoms with E-state index in [-0.39, 0.29) is 12.4 Å². The van der Waals surface area contributed by atoms with Crippen molar-refractivity contribution in [2.45, 2.75) is 13.1 Å². The lowest BCUT2D eigenvalue weighted by Crippen LogP contribution is -2.20. The fourth-order valence-electron chi connectivity index (χ4n) is 1.68. The van der Waals surface area contributed by atoms with Gasteiger partial charge in [0.15, 0.2) is 0 Å². The third-order valence-corrected chi connectivity index (χ3v) is 2.46. The number of aromatic nitrogens is 1. The maximum Gasteiger partial charge on any atom is 0.141 e. The van der Waals surface area contributed by atoms with E-state index in [1.807, 2.05) is 24.1 Å². The quantitative estimate of drug-likeness (QED) is 0.879. The molecule has 0 aromatic carbocycles. The van der Waals surface area contributed by atoms with Crippen molar-refractivity contribution in [2.75, 3.05) is 11.9 Å². The van der Waals surface area contributed by atoms with Gasteiger partial charge in [0, 0.05) is 19.2 Å². The van der Waals surface area contributed by atoms with Crippen LogP contribution in [0.15, 0.2) is 35.1 Å². The molecule has 0 spiro atoms. The van der Waals surface area contributed by atoms with E-state index in [9.17, 15) is 4.39 Å². The second kappa shape index (κ2) is 4.97. The molecule has 0 fully saturated rings. The molecule has 17 heavy (non-hydrogen) atoms. The molecule has 2 aromatic rings. The third kappa shape index (κ3) is 2.62. The summed E-state index contributed by atoms with van der Waals surface area (Å²) in [7, 11) is 1.86. The van der Waals surface area contributed by atoms with Crippen LogP contribution in [0, 0.1) is 5.82 Å². The van der Waals surface area contributed by atoms with E-state index in [0.29, 0.717) is 17.9 Å². The summed E-state index contributed by atoms with van der Waals surface area (Å²) < 4.78 is 18.3. The molecule has 0 amide bonds. The first-order valence-electron chi connectivity index (χ1n) is 5.28. The van der Waals surface area contributed by atoms with Gasteiger partial charge in [0.1, 0.15) is 17.4 Å². The number of rotatable bonds is 4. The van der Waals surface area contributed by atoms with Crippen molar-refractivity contribution >= 4 is 5.82 Å². The number of hydrogen-bond donors (Lipinski definition) is 1. The first-order valence-corrected chi connectivity index (χ1v) is 5.28. The van der Waals surface area contributed by atoms with Crippen molar-refractivity contribution in [3.05, 3.63) is 47.8 Å². The molecule has 90 valence electrons. The summed E-state index contributed by atoms with van der Waals surface area (Å²) in [5.74, 6) is 1.12. The highest BCUT2D eigenvalue weighted by Gasteiger charge is 2.10. The van der Waals surface area contributed by atoms with Crippen LogP contribution in [0.2, 0.25) is 0 Å². The van der Waals surface area contributed by atoms with E-state index in [2.05, 4.69) is 4.98 Å². The molecule has 2 heterocycles. The van der Waals surface area contributed by atoms with Gasteiger partial charge in [-0.25, -0.2) is 9.37 Å². The number of pyridine rings is 1. The largest absolute Gasteiger partial charge is 0.467 e. The number of halogens is 1. The van der Waals surface area contributed by atoms with E-state index in [4.69, 9.17) is 10.2 Å². The summed E-state index contributed by atoms with van der Waals surface area (Å²) in [4.78, 5) is 5.93. The Labute approximate surface area is 98.9 Å². The maximum absolute atomic E-state index is 13.0. The number of hydrogen-bond acceptors (Lipinski definition) is 4. The Bertz CT molecular complexity index is 485. The van der Waals surface area contributed by atoms with Gasteiger partial charge in [0.25, 0.3) is 0 Å². The van der Waals surface area contributed by atoms with E-state index < -0.39 is 0 Å². The van der Waals surface area contributed by atoms with Crippen molar-refractivity contribution in [2.24, 2.45) is 5.73 Å². The summed E-state index contributed by atoms with van der Waals surface area (Å²) in [6, 6.07) is 5.11. The molecule has 0 aliphatic carbocycles. The zero-order valence-electron chi connectivity index (χ0n) is 9.56. The smallest absolute Gasteiger partial charge is 0.141 e. The second-order valence-corrected chi connectivity index (χ2v) is 3.78. The Morgan fingerprint density at radius 3 is 3.00 bits per heavy atom. The standard InChI is InChI=1S/C12H14FN3O/c1-16(8-11-3-2-4-17-11)12-9(6-14)5-10(13)7-15-12/h2-5,7H,6,8,14H2,1H3. The van der Waals surface area contributed by atoms with E-state index in [0.717, 1.165) is 5.76 Å². The summed E-state index contributed by atoms with van der Waals surface area (Å²) in [6.45, 7) is 0.821. The zero-order valence-corrected chi connectivity index (χ0v) is 9.56. The molecule has 0 saturated carbocycles. The fraction of sp³-hybridized carbons (Fsp3) is 0.250. The number of nitrogens with two attached hydrogens (primary N) is 1. The summed E-state index contributed by atoms with van der Waals surface area (Å²) in [6.07, 6.45) is 2.80. The maximum atomic E-state index is 13.0. The Balaban J connectivity index is 2.21. The minimum Gasteiger partial charge on any atom is -0.467 e. The van der Waals surface area contributed by atoms with Gasteiger partial charge in [0.05, 0.1) is 19.0 Å². The molecule has 2 N–H and O–H groups in total. The lowest BCUT2D eigenvalue weighted by molar-refractivity contribution is 0.506. The molecule has 2 aromatic heterocycles. The molecular formula is C12H14FN3O. The SMILES string of the molecule is CN(Cc1ccco1)c1ncc(F)cc1CN. The van der Waals surface area contributed by atoms with Crippen LogP contribution < -0.4 is 10.6 Å². The van der Waals surface area contributed by atoms with Gasteiger partial charge in [-0.3, -0.25) is 0 Å². The van der Waals surface area contributed by atoms with Crippen molar-refractivity contribution in [3.8, 4) is 0 Å². The highest BCUT2D eigenvalue weighted by molar-refractivity contribution is 5.46. The number of anilines is 1. The molecule has 4 nitrogen and oxygen atoms in total. The summed E-state index contributed by atoms with van der Waals surface area (Å²) >= 11 is 0. The fourth-order valence-corrected chi connectivity index (χ4v) is 1.68. The number of nitrogens with zero attached hydrogens (tertiary/aromatic N) is 2. The predicted octanol–water partition coefficient (Wildman–Crippen LogP) is 1.91. The topological polar surface area (TPSA) is 55.3 Å². The van der Waals surface area contributed by atoms with E-state index >= 15 is 0 Å². The van der Waals surface area contributed by atoms with E-state index in [1.165, 1.54) is 12.3 Å². The van der Waals surface area contributed by atoms with Gasteiger partial charge in [0.2, 0.25) is 0 Å². The van der Waals surface area contributed by atoms with Crippen LogP contribution in [0.4, 0.5) is 10.2 Å². The number of furan rings is 1. The van der Waals surface area contributed by atoms with Gasteiger partial charge < -0.3 is 15.1 Å². The molecule has 5 heteroatoms. The Kier molecular flexibility index (Phi) is 3.39. The summed E-state index contributed by atoms with van der Waals surface area (Å²) in [5.41, 5.74) is 6.25. The molecule has 0 aliphatic heterocycles. The molecule has 2 rings (SSSR count). The van der Waals surface area contributed by atoms with Crippen molar-refractivity contribution in [1.82, 2.24) is 4.98 Å². The molecule has 0 atom stereocenters. The van der Waals surface area contributed by atoms with Crippen LogP contribution in [0.3, 0.4) is 0 Å². The molecular weight excluding hydrogens is 221 g/mol. The molecule has 0 radical (unpaired) electrons. The van der Waals surface area contributed by atoms with Crippen LogP contribution in [0.1, 0.15) is 11.3 Å². The zero-order chi connectivity index (χ0) is 12.3. The first kappa shape index (κ1) is 11.6. The summed E-state index contributed by atoms with van der Waals surface area (Å²) in [5, 5.41) is 0. The third-order valence-electron chi connectivity index (χ3n) is 2.46. The Morgan fingerprint density at radius 1 is 1.53 bits per heavy atom. The Hall–Kier alpha value is -1.88. The van der Waals surface area contributed by atoms with Crippen molar-refractivity contribution in [3.63, 3.8) is 0 Å².